The van der Waals surface area contributed by atoms with Crippen LogP contribution in [0.4, 0.5) is 5.82 Å². The number of aromatic nitrogens is 2. The largest absolute Gasteiger partial charge is 0.355 e. The Morgan fingerprint density at radius 3 is 2.43 bits per heavy atom. The Bertz CT molecular complexity index is 1020. The summed E-state index contributed by atoms with van der Waals surface area (Å²) in [5.74, 6) is 0.962. The van der Waals surface area contributed by atoms with Gasteiger partial charge in [-0.3, -0.25) is 4.98 Å². The zero-order chi connectivity index (χ0) is 19.3. The van der Waals surface area contributed by atoms with Gasteiger partial charge in [0.15, 0.2) is 0 Å². The lowest BCUT2D eigenvalue weighted by molar-refractivity contribution is 0.573. The summed E-state index contributed by atoms with van der Waals surface area (Å²) in [6.07, 6.45) is 6.28. The molecule has 0 unspecified atom stereocenters. The summed E-state index contributed by atoms with van der Waals surface area (Å²) in [5, 5.41) is 0. The van der Waals surface area contributed by atoms with Gasteiger partial charge in [-0.2, -0.15) is 0 Å². The molecule has 0 aliphatic carbocycles. The number of rotatable bonds is 6. The SMILES string of the molecule is O=[SH](=O)NCCc1ccc(-c2ccc3ncc(N4CCCCC4)nc3c2)cc1. The maximum Gasteiger partial charge on any atom is 0.201 e. The maximum atomic E-state index is 10.6. The number of anilines is 1. The summed E-state index contributed by atoms with van der Waals surface area (Å²) in [6.45, 7) is 2.52. The lowest BCUT2D eigenvalue weighted by Gasteiger charge is -2.27. The van der Waals surface area contributed by atoms with E-state index in [1.807, 2.05) is 24.4 Å². The van der Waals surface area contributed by atoms with Crippen LogP contribution in [-0.2, 0) is 17.3 Å². The second-order valence-electron chi connectivity index (χ2n) is 7.09. The fraction of sp³-hybridized carbons (Fsp3) is 0.333. The van der Waals surface area contributed by atoms with Crippen molar-refractivity contribution in [3.8, 4) is 11.1 Å². The van der Waals surface area contributed by atoms with Crippen LogP contribution in [0.15, 0.2) is 48.7 Å². The highest BCUT2D eigenvalue weighted by atomic mass is 32.2. The molecule has 0 amide bonds. The van der Waals surface area contributed by atoms with Gasteiger partial charge in [-0.1, -0.05) is 30.3 Å². The van der Waals surface area contributed by atoms with Gasteiger partial charge in [-0.15, -0.1) is 0 Å². The molecular weight excluding hydrogens is 372 g/mol. The molecule has 28 heavy (non-hydrogen) atoms. The molecule has 0 bridgehead atoms. The van der Waals surface area contributed by atoms with Crippen LogP contribution in [0.2, 0.25) is 0 Å². The van der Waals surface area contributed by atoms with E-state index in [2.05, 4.69) is 38.9 Å². The summed E-state index contributed by atoms with van der Waals surface area (Å²) < 4.78 is 23.6. The van der Waals surface area contributed by atoms with E-state index >= 15 is 0 Å². The van der Waals surface area contributed by atoms with Gasteiger partial charge < -0.3 is 4.90 Å². The minimum absolute atomic E-state index is 0.420. The average molecular weight is 397 g/mol. The van der Waals surface area contributed by atoms with Gasteiger partial charge in [-0.05, 0) is 54.5 Å². The molecule has 2 aromatic carbocycles. The number of benzene rings is 2. The molecule has 1 fully saturated rings. The molecular formula is C21H24N4O2S. The first kappa shape index (κ1) is 18.8. The number of thiol groups is 1. The minimum atomic E-state index is -2.53. The molecule has 4 rings (SSSR count). The third-order valence-electron chi connectivity index (χ3n) is 5.15. The van der Waals surface area contributed by atoms with Crippen molar-refractivity contribution < 1.29 is 8.42 Å². The summed E-state index contributed by atoms with van der Waals surface area (Å²) in [4.78, 5) is 11.8. The van der Waals surface area contributed by atoms with Gasteiger partial charge in [0.05, 0.1) is 17.2 Å². The normalized spacial score (nSPS) is 14.7. The predicted molar refractivity (Wildman–Crippen MR) is 113 cm³/mol. The molecule has 2 heterocycles. The van der Waals surface area contributed by atoms with Crippen molar-refractivity contribution in [2.24, 2.45) is 0 Å². The number of nitrogens with zero attached hydrogens (tertiary/aromatic N) is 3. The van der Waals surface area contributed by atoms with Gasteiger partial charge in [0.1, 0.15) is 5.82 Å². The Balaban J connectivity index is 1.54. The number of fused-ring (bicyclic) bond motifs is 1. The molecule has 146 valence electrons. The van der Waals surface area contributed by atoms with E-state index in [-0.39, 0.29) is 0 Å². The van der Waals surface area contributed by atoms with Crippen LogP contribution < -0.4 is 9.62 Å². The second-order valence-corrected chi connectivity index (χ2v) is 7.92. The van der Waals surface area contributed by atoms with E-state index in [9.17, 15) is 8.42 Å². The van der Waals surface area contributed by atoms with E-state index in [1.165, 1.54) is 19.3 Å². The van der Waals surface area contributed by atoms with Crippen LogP contribution in [0.3, 0.4) is 0 Å². The van der Waals surface area contributed by atoms with Crippen LogP contribution in [0.25, 0.3) is 22.2 Å². The molecule has 0 atom stereocenters. The number of piperidine rings is 1. The number of hydrogen-bond acceptors (Lipinski definition) is 5. The first-order chi connectivity index (χ1) is 13.7. The Kier molecular flexibility index (Phi) is 5.83. The summed E-state index contributed by atoms with van der Waals surface area (Å²) >= 11 is 0. The van der Waals surface area contributed by atoms with Crippen molar-refractivity contribution in [1.82, 2.24) is 14.7 Å². The molecule has 3 aromatic rings. The van der Waals surface area contributed by atoms with Gasteiger partial charge in [0.25, 0.3) is 0 Å². The number of hydrogen-bond donors (Lipinski definition) is 2. The quantitative estimate of drug-likeness (QED) is 0.627. The zero-order valence-corrected chi connectivity index (χ0v) is 16.6. The van der Waals surface area contributed by atoms with Crippen LogP contribution in [-0.4, -0.2) is 38.0 Å². The highest BCUT2D eigenvalue weighted by Crippen LogP contribution is 2.25. The monoisotopic (exact) mass is 396 g/mol. The van der Waals surface area contributed by atoms with E-state index in [0.29, 0.717) is 13.0 Å². The first-order valence-electron chi connectivity index (χ1n) is 9.68. The molecule has 1 aliphatic rings. The molecule has 0 saturated carbocycles. The maximum absolute atomic E-state index is 10.6. The third-order valence-corrected chi connectivity index (χ3v) is 5.63. The van der Waals surface area contributed by atoms with Crippen LogP contribution >= 0.6 is 0 Å². The standard InChI is InChI=1S/C21H24N4O2S/c26-28(27)23-11-10-16-4-6-17(7-5-16)18-8-9-19-20(14-18)24-21(15-22-19)25-12-2-1-3-13-25/h4-9,14-15,28H,1-3,10-13H2,(H,23,26,27). The summed E-state index contributed by atoms with van der Waals surface area (Å²) in [7, 11) is -2.53. The molecule has 1 N–H and O–H groups in total. The molecule has 0 radical (unpaired) electrons. The van der Waals surface area contributed by atoms with E-state index < -0.39 is 10.9 Å². The Hall–Kier alpha value is -2.51. The fourth-order valence-electron chi connectivity index (χ4n) is 3.61. The van der Waals surface area contributed by atoms with Crippen LogP contribution in [0, 0.1) is 0 Å². The van der Waals surface area contributed by atoms with Gasteiger partial charge in [0.2, 0.25) is 10.9 Å². The molecule has 0 spiro atoms. The summed E-state index contributed by atoms with van der Waals surface area (Å²) in [5.41, 5.74) is 5.12. The molecule has 7 heteroatoms. The van der Waals surface area contributed by atoms with Crippen LogP contribution in [0.5, 0.6) is 0 Å². The van der Waals surface area contributed by atoms with E-state index in [1.54, 1.807) is 0 Å². The predicted octanol–water partition coefficient (Wildman–Crippen LogP) is 2.95. The van der Waals surface area contributed by atoms with Crippen molar-refractivity contribution in [1.29, 1.82) is 0 Å². The van der Waals surface area contributed by atoms with E-state index in [4.69, 9.17) is 4.98 Å². The molecule has 1 aliphatic heterocycles. The van der Waals surface area contributed by atoms with Crippen molar-refractivity contribution in [2.75, 3.05) is 24.5 Å². The minimum Gasteiger partial charge on any atom is -0.355 e. The van der Waals surface area contributed by atoms with Gasteiger partial charge in [0, 0.05) is 19.6 Å². The van der Waals surface area contributed by atoms with Crippen LogP contribution in [0.1, 0.15) is 24.8 Å². The van der Waals surface area contributed by atoms with Crippen molar-refractivity contribution >= 4 is 27.7 Å². The Morgan fingerprint density at radius 2 is 1.68 bits per heavy atom. The second kappa shape index (κ2) is 8.67. The first-order valence-corrected chi connectivity index (χ1v) is 10.9. The lowest BCUT2D eigenvalue weighted by atomic mass is 10.0. The number of nitrogens with one attached hydrogen (secondary N) is 1. The van der Waals surface area contributed by atoms with E-state index in [0.717, 1.165) is 46.6 Å². The Morgan fingerprint density at radius 1 is 0.929 bits per heavy atom. The molecule has 6 nitrogen and oxygen atoms in total. The molecule has 1 saturated heterocycles. The Labute approximate surface area is 166 Å². The lowest BCUT2D eigenvalue weighted by Crippen LogP contribution is -2.30. The highest BCUT2D eigenvalue weighted by molar-refractivity contribution is 7.70. The topological polar surface area (TPSA) is 75.2 Å². The van der Waals surface area contributed by atoms with Gasteiger partial charge >= 0.3 is 0 Å². The zero-order valence-electron chi connectivity index (χ0n) is 15.7. The highest BCUT2D eigenvalue weighted by Gasteiger charge is 2.13. The van der Waals surface area contributed by atoms with Gasteiger partial charge in [-0.25, -0.2) is 18.1 Å². The fourth-order valence-corrected chi connectivity index (χ4v) is 3.91. The van der Waals surface area contributed by atoms with Crippen molar-refractivity contribution in [2.45, 2.75) is 25.7 Å². The summed E-state index contributed by atoms with van der Waals surface area (Å²) in [6, 6.07) is 14.4. The smallest absolute Gasteiger partial charge is 0.201 e. The molecule has 1 aromatic heterocycles. The van der Waals surface area contributed by atoms with Crippen molar-refractivity contribution in [3.63, 3.8) is 0 Å². The van der Waals surface area contributed by atoms with Crippen molar-refractivity contribution in [3.05, 3.63) is 54.2 Å². The third kappa shape index (κ3) is 4.48. The average Bonchev–Trinajstić information content (AvgIpc) is 2.74.